The lowest BCUT2D eigenvalue weighted by atomic mass is 10.2. The molecular weight excluding hydrogens is 371 g/mol. The van der Waals surface area contributed by atoms with E-state index in [1.807, 2.05) is 19.1 Å². The summed E-state index contributed by atoms with van der Waals surface area (Å²) in [6.45, 7) is 2.12. The minimum absolute atomic E-state index is 0.0829. The standard InChI is InChI=1S/C20H16Cl2N2O2/c1-13-2-11-18(19(25)23-12-14-3-5-15(21)6-4-14)20(26)24(13)17-9-7-16(22)8-10-17/h2-11H,12H2,1H3,(H,23,25). The molecule has 3 aromatic rings. The maximum Gasteiger partial charge on any atom is 0.268 e. The van der Waals surface area contributed by atoms with Crippen molar-refractivity contribution >= 4 is 29.1 Å². The molecule has 2 aromatic carbocycles. The van der Waals surface area contributed by atoms with Crippen LogP contribution in [0.15, 0.2) is 65.5 Å². The molecule has 26 heavy (non-hydrogen) atoms. The molecule has 1 N–H and O–H groups in total. The predicted molar refractivity (Wildman–Crippen MR) is 104 cm³/mol. The first kappa shape index (κ1) is 18.2. The van der Waals surface area contributed by atoms with Gasteiger partial charge in [-0.25, -0.2) is 0 Å². The molecule has 6 heteroatoms. The zero-order chi connectivity index (χ0) is 18.7. The maximum atomic E-state index is 12.8. The summed E-state index contributed by atoms with van der Waals surface area (Å²) < 4.78 is 1.49. The number of amides is 1. The van der Waals surface area contributed by atoms with Crippen LogP contribution in [-0.2, 0) is 6.54 Å². The summed E-state index contributed by atoms with van der Waals surface area (Å²) in [6.07, 6.45) is 0. The highest BCUT2D eigenvalue weighted by Crippen LogP contribution is 2.14. The number of rotatable bonds is 4. The summed E-state index contributed by atoms with van der Waals surface area (Å²) in [5.74, 6) is -0.423. The van der Waals surface area contributed by atoms with Crippen molar-refractivity contribution in [3.63, 3.8) is 0 Å². The van der Waals surface area contributed by atoms with E-state index in [9.17, 15) is 9.59 Å². The third-order valence-electron chi connectivity index (χ3n) is 3.97. The SMILES string of the molecule is Cc1ccc(C(=O)NCc2ccc(Cl)cc2)c(=O)n1-c1ccc(Cl)cc1. The average molecular weight is 387 g/mol. The molecular formula is C20H16Cl2N2O2. The highest BCUT2D eigenvalue weighted by Gasteiger charge is 2.14. The van der Waals surface area contributed by atoms with Crippen molar-refractivity contribution < 1.29 is 4.79 Å². The number of carbonyl (C=O) groups excluding carboxylic acids is 1. The minimum Gasteiger partial charge on any atom is -0.348 e. The summed E-state index contributed by atoms with van der Waals surface area (Å²) in [7, 11) is 0. The molecule has 132 valence electrons. The molecule has 0 saturated heterocycles. The van der Waals surface area contributed by atoms with E-state index in [2.05, 4.69) is 5.32 Å². The Hall–Kier alpha value is -2.56. The predicted octanol–water partition coefficient (Wildman–Crippen LogP) is 4.38. The zero-order valence-corrected chi connectivity index (χ0v) is 15.5. The number of halogens is 2. The van der Waals surface area contributed by atoms with E-state index in [0.717, 1.165) is 11.3 Å². The molecule has 1 heterocycles. The topological polar surface area (TPSA) is 51.1 Å². The van der Waals surface area contributed by atoms with Gasteiger partial charge in [-0.1, -0.05) is 35.3 Å². The van der Waals surface area contributed by atoms with Gasteiger partial charge in [0.2, 0.25) is 0 Å². The fourth-order valence-electron chi connectivity index (χ4n) is 2.59. The maximum absolute atomic E-state index is 12.8. The van der Waals surface area contributed by atoms with Crippen LogP contribution >= 0.6 is 23.2 Å². The summed E-state index contributed by atoms with van der Waals surface area (Å²) in [5, 5.41) is 3.98. The lowest BCUT2D eigenvalue weighted by molar-refractivity contribution is 0.0949. The van der Waals surface area contributed by atoms with Gasteiger partial charge in [-0.15, -0.1) is 0 Å². The number of nitrogens with zero attached hydrogens (tertiary/aromatic N) is 1. The van der Waals surface area contributed by atoms with Gasteiger partial charge in [0.05, 0.1) is 0 Å². The molecule has 0 bridgehead atoms. The van der Waals surface area contributed by atoms with E-state index < -0.39 is 5.91 Å². The van der Waals surface area contributed by atoms with Gasteiger partial charge in [-0.2, -0.15) is 0 Å². The minimum atomic E-state index is -0.423. The van der Waals surface area contributed by atoms with Gasteiger partial charge in [-0.3, -0.25) is 14.2 Å². The summed E-state index contributed by atoms with van der Waals surface area (Å²) in [6, 6.07) is 17.3. The van der Waals surface area contributed by atoms with Gasteiger partial charge in [-0.05, 0) is 61.0 Å². The van der Waals surface area contributed by atoms with Gasteiger partial charge in [0.25, 0.3) is 11.5 Å². The van der Waals surface area contributed by atoms with Crippen LogP contribution in [0.5, 0.6) is 0 Å². The lowest BCUT2D eigenvalue weighted by Crippen LogP contribution is -2.33. The number of carbonyl (C=O) groups is 1. The fourth-order valence-corrected chi connectivity index (χ4v) is 2.85. The zero-order valence-electron chi connectivity index (χ0n) is 14.0. The van der Waals surface area contributed by atoms with Gasteiger partial charge < -0.3 is 5.32 Å². The first-order valence-corrected chi connectivity index (χ1v) is 8.72. The number of benzene rings is 2. The van der Waals surface area contributed by atoms with E-state index >= 15 is 0 Å². The number of hydrogen-bond acceptors (Lipinski definition) is 2. The summed E-state index contributed by atoms with van der Waals surface area (Å²) in [4.78, 5) is 25.3. The van der Waals surface area contributed by atoms with Crippen LogP contribution in [0.2, 0.25) is 10.0 Å². The van der Waals surface area contributed by atoms with Gasteiger partial charge in [0.15, 0.2) is 0 Å². The summed E-state index contributed by atoms with van der Waals surface area (Å²) >= 11 is 11.8. The van der Waals surface area contributed by atoms with Gasteiger partial charge in [0.1, 0.15) is 5.56 Å². The summed E-state index contributed by atoms with van der Waals surface area (Å²) in [5.41, 5.74) is 1.99. The van der Waals surface area contributed by atoms with Crippen LogP contribution in [0.4, 0.5) is 0 Å². The normalized spacial score (nSPS) is 10.6. The Bertz CT molecular complexity index is 994. The number of aryl methyl sites for hydroxylation is 1. The number of nitrogens with one attached hydrogen (secondary N) is 1. The number of pyridine rings is 1. The van der Waals surface area contributed by atoms with Crippen LogP contribution in [0.25, 0.3) is 5.69 Å². The molecule has 3 rings (SSSR count). The molecule has 1 amide bonds. The van der Waals surface area contributed by atoms with Crippen molar-refractivity contribution in [1.82, 2.24) is 9.88 Å². The second kappa shape index (κ2) is 7.77. The molecule has 0 spiro atoms. The molecule has 4 nitrogen and oxygen atoms in total. The van der Waals surface area contributed by atoms with Crippen LogP contribution < -0.4 is 10.9 Å². The molecule has 0 radical (unpaired) electrons. The largest absolute Gasteiger partial charge is 0.348 e. The van der Waals surface area contributed by atoms with E-state index in [1.54, 1.807) is 48.5 Å². The van der Waals surface area contributed by atoms with E-state index in [-0.39, 0.29) is 11.1 Å². The third kappa shape index (κ3) is 3.98. The Morgan fingerprint density at radius 2 is 1.50 bits per heavy atom. The molecule has 0 fully saturated rings. The Kier molecular flexibility index (Phi) is 5.45. The molecule has 0 aliphatic heterocycles. The Labute approximate surface area is 161 Å². The van der Waals surface area contributed by atoms with Crippen molar-refractivity contribution in [2.24, 2.45) is 0 Å². The second-order valence-electron chi connectivity index (χ2n) is 5.81. The van der Waals surface area contributed by atoms with Crippen molar-refractivity contribution in [1.29, 1.82) is 0 Å². The highest BCUT2D eigenvalue weighted by molar-refractivity contribution is 6.30. The first-order chi connectivity index (χ1) is 12.5. The first-order valence-electron chi connectivity index (χ1n) is 7.97. The Morgan fingerprint density at radius 3 is 2.12 bits per heavy atom. The number of aromatic nitrogens is 1. The van der Waals surface area contributed by atoms with Crippen molar-refractivity contribution in [3.05, 3.63) is 97.9 Å². The molecule has 0 unspecified atom stereocenters. The molecule has 0 saturated carbocycles. The highest BCUT2D eigenvalue weighted by atomic mass is 35.5. The van der Waals surface area contributed by atoms with Crippen LogP contribution in [0.3, 0.4) is 0 Å². The molecule has 1 aromatic heterocycles. The molecule has 0 aliphatic carbocycles. The third-order valence-corrected chi connectivity index (χ3v) is 4.48. The van der Waals surface area contributed by atoms with E-state index in [1.165, 1.54) is 4.57 Å². The van der Waals surface area contributed by atoms with Crippen LogP contribution in [0, 0.1) is 6.92 Å². The molecule has 0 atom stereocenters. The van der Waals surface area contributed by atoms with Gasteiger partial charge >= 0.3 is 0 Å². The van der Waals surface area contributed by atoms with Crippen molar-refractivity contribution in [3.8, 4) is 5.69 Å². The van der Waals surface area contributed by atoms with Gasteiger partial charge in [0, 0.05) is 28.0 Å². The molecule has 0 aliphatic rings. The smallest absolute Gasteiger partial charge is 0.268 e. The number of hydrogen-bond donors (Lipinski definition) is 1. The average Bonchev–Trinajstić information content (AvgIpc) is 2.62. The monoisotopic (exact) mass is 386 g/mol. The van der Waals surface area contributed by atoms with E-state index in [0.29, 0.717) is 22.3 Å². The van der Waals surface area contributed by atoms with Crippen molar-refractivity contribution in [2.45, 2.75) is 13.5 Å². The fraction of sp³-hybridized carbons (Fsp3) is 0.100. The Balaban J connectivity index is 1.87. The van der Waals surface area contributed by atoms with Crippen LogP contribution in [0.1, 0.15) is 21.6 Å². The second-order valence-corrected chi connectivity index (χ2v) is 6.69. The van der Waals surface area contributed by atoms with Crippen molar-refractivity contribution in [2.75, 3.05) is 0 Å². The quantitative estimate of drug-likeness (QED) is 0.722. The van der Waals surface area contributed by atoms with Crippen LogP contribution in [-0.4, -0.2) is 10.5 Å². The van der Waals surface area contributed by atoms with E-state index in [4.69, 9.17) is 23.2 Å². The lowest BCUT2D eigenvalue weighted by Gasteiger charge is -2.12. The Morgan fingerprint density at radius 1 is 0.923 bits per heavy atom.